The Bertz CT molecular complexity index is 304. The van der Waals surface area contributed by atoms with Gasteiger partial charge >= 0.3 is 0 Å². The van der Waals surface area contributed by atoms with E-state index < -0.39 is 0 Å². The first-order chi connectivity index (χ1) is 7.74. The maximum atomic E-state index is 6.07. The molecule has 0 radical (unpaired) electrons. The zero-order chi connectivity index (χ0) is 11.8. The molecule has 1 atom stereocenters. The molecule has 1 nitrogen and oxygen atoms in total. The van der Waals surface area contributed by atoms with Crippen LogP contribution < -0.4 is 5.73 Å². The highest BCUT2D eigenvalue weighted by Gasteiger charge is 2.05. The van der Waals surface area contributed by atoms with Crippen molar-refractivity contribution in [1.82, 2.24) is 0 Å². The van der Waals surface area contributed by atoms with Crippen LogP contribution in [0.3, 0.4) is 0 Å². The van der Waals surface area contributed by atoms with Gasteiger partial charge in [-0.25, -0.2) is 0 Å². The fraction of sp³-hybridized carbons (Fsp3) is 0.538. The van der Waals surface area contributed by atoms with E-state index in [0.717, 1.165) is 22.1 Å². The van der Waals surface area contributed by atoms with E-state index in [-0.39, 0.29) is 6.04 Å². The third kappa shape index (κ3) is 5.24. The second-order valence-electron chi connectivity index (χ2n) is 4.00. The Hall–Kier alpha value is -0.180. The van der Waals surface area contributed by atoms with Gasteiger partial charge in [0.25, 0.3) is 0 Å². The van der Waals surface area contributed by atoms with Crippen molar-refractivity contribution in [2.75, 3.05) is 5.75 Å². The van der Waals surface area contributed by atoms with Crippen LogP contribution in [0, 0.1) is 0 Å². The topological polar surface area (TPSA) is 26.0 Å². The fourth-order valence-electron chi connectivity index (χ4n) is 1.50. The summed E-state index contributed by atoms with van der Waals surface area (Å²) in [6.07, 6.45) is 4.89. The third-order valence-corrected chi connectivity index (χ3v) is 4.17. The number of benzene rings is 1. The number of hydrogen-bond donors (Lipinski definition) is 1. The number of hydrogen-bond acceptors (Lipinski definition) is 2. The van der Waals surface area contributed by atoms with Gasteiger partial charge in [0.1, 0.15) is 0 Å². The predicted molar refractivity (Wildman–Crippen MR) is 74.3 cm³/mol. The van der Waals surface area contributed by atoms with E-state index in [1.165, 1.54) is 19.3 Å². The van der Waals surface area contributed by atoms with E-state index in [0.29, 0.717) is 0 Å². The van der Waals surface area contributed by atoms with Crippen LogP contribution in [-0.2, 0) is 0 Å². The van der Waals surface area contributed by atoms with Crippen molar-refractivity contribution in [2.45, 2.75) is 43.5 Å². The zero-order valence-electron chi connectivity index (χ0n) is 9.79. The van der Waals surface area contributed by atoms with Gasteiger partial charge < -0.3 is 5.73 Å². The van der Waals surface area contributed by atoms with Crippen LogP contribution in [0.15, 0.2) is 29.2 Å². The van der Waals surface area contributed by atoms with Crippen LogP contribution in [0.5, 0.6) is 0 Å². The SMILES string of the molecule is CCCCCC(N)CSc1ccccc1Cl. The van der Waals surface area contributed by atoms with Crippen molar-refractivity contribution in [2.24, 2.45) is 5.73 Å². The van der Waals surface area contributed by atoms with E-state index in [2.05, 4.69) is 6.92 Å². The Balaban J connectivity index is 2.26. The van der Waals surface area contributed by atoms with Gasteiger partial charge in [-0.05, 0) is 18.6 Å². The lowest BCUT2D eigenvalue weighted by atomic mass is 10.1. The summed E-state index contributed by atoms with van der Waals surface area (Å²) in [5.74, 6) is 0.952. The molecule has 3 heteroatoms. The van der Waals surface area contributed by atoms with Gasteiger partial charge in [0, 0.05) is 16.7 Å². The summed E-state index contributed by atoms with van der Waals surface area (Å²) in [7, 11) is 0. The minimum Gasteiger partial charge on any atom is -0.327 e. The van der Waals surface area contributed by atoms with Gasteiger partial charge in [-0.3, -0.25) is 0 Å². The molecule has 1 aromatic rings. The standard InChI is InChI=1S/C13H20ClNS/c1-2-3-4-7-11(15)10-16-13-9-6-5-8-12(13)14/h5-6,8-9,11H,2-4,7,10,15H2,1H3. The molecule has 0 saturated carbocycles. The fourth-order valence-corrected chi connectivity index (χ4v) is 2.74. The molecule has 0 aromatic heterocycles. The van der Waals surface area contributed by atoms with Crippen molar-refractivity contribution in [3.63, 3.8) is 0 Å². The normalized spacial score (nSPS) is 12.7. The lowest BCUT2D eigenvalue weighted by molar-refractivity contribution is 0.597. The van der Waals surface area contributed by atoms with Gasteiger partial charge in [0.15, 0.2) is 0 Å². The monoisotopic (exact) mass is 257 g/mol. The molecule has 1 unspecified atom stereocenters. The average Bonchev–Trinajstić information content (AvgIpc) is 2.28. The van der Waals surface area contributed by atoms with E-state index in [4.69, 9.17) is 17.3 Å². The third-order valence-electron chi connectivity index (χ3n) is 2.47. The second kappa shape index (κ2) is 7.99. The quantitative estimate of drug-likeness (QED) is 0.581. The highest BCUT2D eigenvalue weighted by molar-refractivity contribution is 7.99. The van der Waals surface area contributed by atoms with Crippen LogP contribution in [0.4, 0.5) is 0 Å². The van der Waals surface area contributed by atoms with Gasteiger partial charge in [-0.15, -0.1) is 11.8 Å². The first kappa shape index (κ1) is 13.9. The van der Waals surface area contributed by atoms with E-state index >= 15 is 0 Å². The highest BCUT2D eigenvalue weighted by atomic mass is 35.5. The van der Waals surface area contributed by atoms with Crippen molar-refractivity contribution < 1.29 is 0 Å². The minimum absolute atomic E-state index is 0.285. The molecular weight excluding hydrogens is 238 g/mol. The van der Waals surface area contributed by atoms with Crippen LogP contribution in [0.1, 0.15) is 32.6 Å². The zero-order valence-corrected chi connectivity index (χ0v) is 11.4. The first-order valence-corrected chi connectivity index (χ1v) is 7.23. The van der Waals surface area contributed by atoms with Gasteiger partial charge in [0.05, 0.1) is 5.02 Å². The Kier molecular flexibility index (Phi) is 6.93. The molecule has 0 saturated heterocycles. The molecule has 0 aliphatic rings. The summed E-state index contributed by atoms with van der Waals surface area (Å²) in [5.41, 5.74) is 6.05. The predicted octanol–water partition coefficient (Wildman–Crippen LogP) is 4.34. The van der Waals surface area contributed by atoms with Crippen molar-refractivity contribution >= 4 is 23.4 Å². The Labute approximate surface area is 108 Å². The lowest BCUT2D eigenvalue weighted by Gasteiger charge is -2.11. The molecule has 1 aromatic carbocycles. The number of rotatable bonds is 7. The molecule has 2 N–H and O–H groups in total. The number of halogens is 1. The summed E-state index contributed by atoms with van der Waals surface area (Å²) in [6, 6.07) is 8.22. The minimum atomic E-state index is 0.285. The van der Waals surface area contributed by atoms with Crippen LogP contribution >= 0.6 is 23.4 Å². The second-order valence-corrected chi connectivity index (χ2v) is 5.47. The Morgan fingerprint density at radius 3 is 2.75 bits per heavy atom. The summed E-state index contributed by atoms with van der Waals surface area (Å²) in [5, 5.41) is 0.827. The lowest BCUT2D eigenvalue weighted by Crippen LogP contribution is -2.22. The molecule has 0 fully saturated rings. The van der Waals surface area contributed by atoms with Gasteiger partial charge in [0.2, 0.25) is 0 Å². The van der Waals surface area contributed by atoms with Gasteiger partial charge in [-0.2, -0.15) is 0 Å². The maximum Gasteiger partial charge on any atom is 0.0541 e. The summed E-state index contributed by atoms with van der Waals surface area (Å²) in [6.45, 7) is 2.21. The van der Waals surface area contributed by atoms with E-state index in [9.17, 15) is 0 Å². The molecule has 0 heterocycles. The maximum absolute atomic E-state index is 6.07. The molecule has 0 bridgehead atoms. The van der Waals surface area contributed by atoms with E-state index in [1.54, 1.807) is 11.8 Å². The molecule has 1 rings (SSSR count). The smallest absolute Gasteiger partial charge is 0.0541 e. The van der Waals surface area contributed by atoms with Crippen LogP contribution in [0.2, 0.25) is 5.02 Å². The molecule has 16 heavy (non-hydrogen) atoms. The summed E-state index contributed by atoms with van der Waals surface area (Å²) < 4.78 is 0. The average molecular weight is 258 g/mol. The van der Waals surface area contributed by atoms with Crippen molar-refractivity contribution in [3.05, 3.63) is 29.3 Å². The van der Waals surface area contributed by atoms with Gasteiger partial charge in [-0.1, -0.05) is 49.9 Å². The molecule has 0 aliphatic heterocycles. The Morgan fingerprint density at radius 1 is 1.31 bits per heavy atom. The van der Waals surface area contributed by atoms with Crippen LogP contribution in [-0.4, -0.2) is 11.8 Å². The molecular formula is C13H20ClNS. The molecule has 0 spiro atoms. The number of nitrogens with two attached hydrogens (primary N) is 1. The molecule has 0 aliphatic carbocycles. The molecule has 0 amide bonds. The largest absolute Gasteiger partial charge is 0.327 e. The summed E-state index contributed by atoms with van der Waals surface area (Å²) in [4.78, 5) is 1.13. The number of unbranched alkanes of at least 4 members (excludes halogenated alkanes) is 2. The Morgan fingerprint density at radius 2 is 2.06 bits per heavy atom. The highest BCUT2D eigenvalue weighted by Crippen LogP contribution is 2.27. The number of thioether (sulfide) groups is 1. The van der Waals surface area contributed by atoms with Crippen molar-refractivity contribution in [3.8, 4) is 0 Å². The first-order valence-electron chi connectivity index (χ1n) is 5.87. The summed E-state index contributed by atoms with van der Waals surface area (Å²) >= 11 is 7.83. The van der Waals surface area contributed by atoms with E-state index in [1.807, 2.05) is 24.3 Å². The molecule has 90 valence electrons. The van der Waals surface area contributed by atoms with Crippen LogP contribution in [0.25, 0.3) is 0 Å². The van der Waals surface area contributed by atoms with Crippen molar-refractivity contribution in [1.29, 1.82) is 0 Å².